The maximum absolute atomic E-state index is 6.08. The van der Waals surface area contributed by atoms with Crippen LogP contribution in [0.25, 0.3) is 11.1 Å². The number of nitrogen functional groups attached to an aromatic ring is 1. The van der Waals surface area contributed by atoms with E-state index in [1.165, 1.54) is 0 Å². The van der Waals surface area contributed by atoms with Crippen molar-refractivity contribution in [2.24, 2.45) is 4.99 Å². The summed E-state index contributed by atoms with van der Waals surface area (Å²) in [6.45, 7) is 0. The van der Waals surface area contributed by atoms with Crippen LogP contribution >= 0.6 is 11.6 Å². The molecule has 0 atom stereocenters. The molecule has 0 saturated heterocycles. The van der Waals surface area contributed by atoms with E-state index in [4.69, 9.17) is 17.3 Å². The van der Waals surface area contributed by atoms with Gasteiger partial charge in [0, 0.05) is 29.2 Å². The fourth-order valence-corrected chi connectivity index (χ4v) is 2.37. The van der Waals surface area contributed by atoms with Gasteiger partial charge in [-0.15, -0.1) is 0 Å². The molecule has 108 valence electrons. The lowest BCUT2D eigenvalue weighted by molar-refractivity contribution is 1.28. The van der Waals surface area contributed by atoms with E-state index in [0.29, 0.717) is 10.8 Å². The highest BCUT2D eigenvalue weighted by atomic mass is 35.5. The third kappa shape index (κ3) is 3.00. The molecule has 22 heavy (non-hydrogen) atoms. The van der Waals surface area contributed by atoms with Crippen LogP contribution < -0.4 is 5.73 Å². The molecule has 0 fully saturated rings. The van der Waals surface area contributed by atoms with Crippen molar-refractivity contribution >= 4 is 29.3 Å². The summed E-state index contributed by atoms with van der Waals surface area (Å²) >= 11 is 6.08. The van der Waals surface area contributed by atoms with Gasteiger partial charge in [0.15, 0.2) is 5.82 Å². The van der Waals surface area contributed by atoms with Crippen LogP contribution in [0.4, 0.5) is 11.5 Å². The molecule has 0 radical (unpaired) electrons. The second kappa shape index (κ2) is 6.41. The van der Waals surface area contributed by atoms with Gasteiger partial charge in [0.2, 0.25) is 0 Å². The van der Waals surface area contributed by atoms with Crippen molar-refractivity contribution in [3.8, 4) is 11.1 Å². The Morgan fingerprint density at radius 2 is 1.64 bits per heavy atom. The van der Waals surface area contributed by atoms with Crippen LogP contribution in [0.15, 0.2) is 71.9 Å². The van der Waals surface area contributed by atoms with Crippen LogP contribution in [0.2, 0.25) is 5.02 Å². The number of rotatable bonds is 3. The highest BCUT2D eigenvalue weighted by Gasteiger charge is 2.06. The number of hydrogen-bond acceptors (Lipinski definition) is 3. The molecule has 1 aromatic heterocycles. The van der Waals surface area contributed by atoms with E-state index < -0.39 is 0 Å². The summed E-state index contributed by atoms with van der Waals surface area (Å²) < 4.78 is 0. The quantitative estimate of drug-likeness (QED) is 0.561. The average Bonchev–Trinajstić information content (AvgIpc) is 2.55. The summed E-state index contributed by atoms with van der Waals surface area (Å²) in [5.41, 5.74) is 9.78. The first-order valence-electron chi connectivity index (χ1n) is 6.84. The number of para-hydroxylation sites is 1. The summed E-state index contributed by atoms with van der Waals surface area (Å²) in [5.74, 6) is 0.500. The van der Waals surface area contributed by atoms with Gasteiger partial charge in [-0.3, -0.25) is 0 Å². The molecule has 4 heteroatoms. The molecule has 0 unspecified atom stereocenters. The van der Waals surface area contributed by atoms with Crippen LogP contribution in [-0.4, -0.2) is 11.2 Å². The van der Waals surface area contributed by atoms with Crippen LogP contribution in [0.1, 0.15) is 5.56 Å². The summed E-state index contributed by atoms with van der Waals surface area (Å²) in [6, 6.07) is 19.3. The van der Waals surface area contributed by atoms with Gasteiger partial charge < -0.3 is 5.73 Å². The summed E-state index contributed by atoms with van der Waals surface area (Å²) in [4.78, 5) is 8.54. The van der Waals surface area contributed by atoms with Gasteiger partial charge >= 0.3 is 0 Å². The molecule has 2 N–H and O–H groups in total. The van der Waals surface area contributed by atoms with Gasteiger partial charge in [0.1, 0.15) is 0 Å². The summed E-state index contributed by atoms with van der Waals surface area (Å²) in [5, 5.41) is 0.524. The van der Waals surface area contributed by atoms with E-state index in [1.54, 1.807) is 24.5 Å². The Balaban J connectivity index is 2.03. The molecule has 0 saturated carbocycles. The number of hydrogen-bond donors (Lipinski definition) is 1. The van der Waals surface area contributed by atoms with Crippen molar-refractivity contribution in [2.45, 2.75) is 0 Å². The Labute approximate surface area is 134 Å². The first-order chi connectivity index (χ1) is 10.8. The number of pyridine rings is 1. The van der Waals surface area contributed by atoms with Crippen molar-refractivity contribution in [1.29, 1.82) is 0 Å². The third-order valence-corrected chi connectivity index (χ3v) is 3.57. The number of nitrogens with two attached hydrogens (primary N) is 1. The minimum Gasteiger partial charge on any atom is -0.398 e. The molecule has 0 bridgehead atoms. The van der Waals surface area contributed by atoms with Crippen molar-refractivity contribution in [1.82, 2.24) is 4.98 Å². The van der Waals surface area contributed by atoms with Gasteiger partial charge in [-0.1, -0.05) is 54.1 Å². The number of anilines is 1. The predicted octanol–water partition coefficient (Wildman–Crippen LogP) is 4.73. The standard InChI is InChI=1S/C18H14ClN3/c19-16-9-5-11-21-18(16)22-12-13-6-1-2-7-14(13)15-8-3-4-10-17(15)20/h1-12H,20H2. The Kier molecular flexibility index (Phi) is 4.17. The van der Waals surface area contributed by atoms with Crippen molar-refractivity contribution < 1.29 is 0 Å². The fourth-order valence-electron chi connectivity index (χ4n) is 2.20. The smallest absolute Gasteiger partial charge is 0.170 e. The van der Waals surface area contributed by atoms with E-state index in [1.807, 2.05) is 48.5 Å². The van der Waals surface area contributed by atoms with Crippen LogP contribution in [0.3, 0.4) is 0 Å². The van der Waals surface area contributed by atoms with Crippen molar-refractivity contribution in [3.05, 3.63) is 77.4 Å². The highest BCUT2D eigenvalue weighted by molar-refractivity contribution is 6.32. The van der Waals surface area contributed by atoms with E-state index in [9.17, 15) is 0 Å². The summed E-state index contributed by atoms with van der Waals surface area (Å²) in [7, 11) is 0. The zero-order valence-electron chi connectivity index (χ0n) is 11.8. The minimum absolute atomic E-state index is 0.500. The van der Waals surface area contributed by atoms with Crippen molar-refractivity contribution in [3.63, 3.8) is 0 Å². The van der Waals surface area contributed by atoms with Gasteiger partial charge in [-0.2, -0.15) is 0 Å². The molecular weight excluding hydrogens is 294 g/mol. The fraction of sp³-hybridized carbons (Fsp3) is 0. The van der Waals surface area contributed by atoms with Crippen LogP contribution in [0, 0.1) is 0 Å². The molecule has 0 aliphatic rings. The predicted molar refractivity (Wildman–Crippen MR) is 92.8 cm³/mol. The maximum Gasteiger partial charge on any atom is 0.170 e. The lowest BCUT2D eigenvalue weighted by Gasteiger charge is -2.08. The molecule has 3 rings (SSSR count). The average molecular weight is 308 g/mol. The lowest BCUT2D eigenvalue weighted by Crippen LogP contribution is -1.93. The Bertz CT molecular complexity index is 828. The maximum atomic E-state index is 6.08. The Morgan fingerprint density at radius 3 is 2.41 bits per heavy atom. The number of aromatic nitrogens is 1. The lowest BCUT2D eigenvalue weighted by atomic mass is 9.99. The Morgan fingerprint density at radius 1 is 0.909 bits per heavy atom. The van der Waals surface area contributed by atoms with Crippen LogP contribution in [0.5, 0.6) is 0 Å². The minimum atomic E-state index is 0.500. The molecule has 3 nitrogen and oxygen atoms in total. The molecule has 0 aliphatic heterocycles. The normalized spacial score (nSPS) is 11.0. The first kappa shape index (κ1) is 14.3. The molecule has 0 amide bonds. The second-order valence-corrected chi connectivity index (χ2v) is 5.15. The van der Waals surface area contributed by atoms with E-state index >= 15 is 0 Å². The highest BCUT2D eigenvalue weighted by Crippen LogP contribution is 2.28. The number of nitrogens with zero attached hydrogens (tertiary/aromatic N) is 2. The SMILES string of the molecule is Nc1ccccc1-c1ccccc1C=Nc1ncccc1Cl. The van der Waals surface area contributed by atoms with Crippen LogP contribution in [-0.2, 0) is 0 Å². The van der Waals surface area contributed by atoms with Gasteiger partial charge in [-0.05, 0) is 23.8 Å². The van der Waals surface area contributed by atoms with E-state index in [-0.39, 0.29) is 0 Å². The zero-order valence-corrected chi connectivity index (χ0v) is 12.5. The van der Waals surface area contributed by atoms with E-state index in [2.05, 4.69) is 9.98 Å². The second-order valence-electron chi connectivity index (χ2n) is 4.74. The largest absolute Gasteiger partial charge is 0.398 e. The Hall–Kier alpha value is -2.65. The third-order valence-electron chi connectivity index (χ3n) is 3.28. The zero-order chi connectivity index (χ0) is 15.4. The molecule has 0 aliphatic carbocycles. The molecule has 1 heterocycles. The first-order valence-corrected chi connectivity index (χ1v) is 7.22. The molecular formula is C18H14ClN3. The van der Waals surface area contributed by atoms with Gasteiger partial charge in [0.25, 0.3) is 0 Å². The topological polar surface area (TPSA) is 51.3 Å². The summed E-state index contributed by atoms with van der Waals surface area (Å²) in [6.07, 6.45) is 3.43. The number of benzene rings is 2. The van der Waals surface area contributed by atoms with Gasteiger partial charge in [0.05, 0.1) is 5.02 Å². The number of aliphatic imine (C=N–C) groups is 1. The molecule has 0 spiro atoms. The van der Waals surface area contributed by atoms with E-state index in [0.717, 1.165) is 22.4 Å². The van der Waals surface area contributed by atoms with Gasteiger partial charge in [-0.25, -0.2) is 9.98 Å². The number of halogens is 1. The monoisotopic (exact) mass is 307 g/mol. The molecule has 2 aromatic carbocycles. The molecule has 3 aromatic rings. The van der Waals surface area contributed by atoms with Crippen molar-refractivity contribution in [2.75, 3.05) is 5.73 Å².